The zero-order valence-electron chi connectivity index (χ0n) is 20.7. The van der Waals surface area contributed by atoms with Crippen molar-refractivity contribution in [3.8, 4) is 0 Å². The molecule has 1 aromatic heterocycles. The Balaban J connectivity index is 1.89. The van der Waals surface area contributed by atoms with Gasteiger partial charge in [0.1, 0.15) is 5.54 Å². The molecule has 0 aliphatic rings. The second kappa shape index (κ2) is 11.9. The van der Waals surface area contributed by atoms with E-state index in [4.69, 9.17) is 0 Å². The highest BCUT2D eigenvalue weighted by Crippen LogP contribution is 2.38. The summed E-state index contributed by atoms with van der Waals surface area (Å²) in [6.07, 6.45) is -8.89. The lowest BCUT2D eigenvalue weighted by molar-refractivity contribution is -0.138. The quantitative estimate of drug-likeness (QED) is 0.118. The fraction of sp³-hybridized carbons (Fsp3) is 0.172. The number of urea groups is 1. The molecule has 2 N–H and O–H groups in total. The smallest absolute Gasteiger partial charge is 0.322 e. The Morgan fingerprint density at radius 2 is 1.38 bits per heavy atom. The molecule has 0 saturated carbocycles. The first-order valence-electron chi connectivity index (χ1n) is 11.9. The Bertz CT molecular complexity index is 1460. The topological polar surface area (TPSA) is 54.0 Å². The molecule has 4 aromatic rings. The molecule has 1 atom stereocenters. The van der Waals surface area contributed by atoms with Gasteiger partial charge in [0.15, 0.2) is 0 Å². The summed E-state index contributed by atoms with van der Waals surface area (Å²) in [5.74, 6) is 0. The lowest BCUT2D eigenvalue weighted by atomic mass is 9.79. The van der Waals surface area contributed by atoms with Crippen molar-refractivity contribution in [2.45, 2.75) is 28.7 Å². The van der Waals surface area contributed by atoms with Crippen LogP contribution in [0, 0.1) is 0 Å². The van der Waals surface area contributed by atoms with E-state index in [1.54, 1.807) is 48.5 Å². The number of pyridine rings is 1. The number of benzene rings is 3. The first-order chi connectivity index (χ1) is 18.9. The van der Waals surface area contributed by atoms with E-state index >= 15 is 0 Å². The molecule has 0 radical (unpaired) electrons. The van der Waals surface area contributed by atoms with Crippen LogP contribution < -0.4 is 10.6 Å². The van der Waals surface area contributed by atoms with Gasteiger partial charge >= 0.3 is 18.4 Å². The molecule has 0 aliphatic heterocycles. The van der Waals surface area contributed by atoms with E-state index in [1.165, 1.54) is 12.1 Å². The summed E-state index contributed by atoms with van der Waals surface area (Å²) in [6.45, 7) is 0. The van der Waals surface area contributed by atoms with E-state index in [9.17, 15) is 31.1 Å². The van der Waals surface area contributed by atoms with Crippen LogP contribution in [-0.2, 0) is 28.7 Å². The van der Waals surface area contributed by atoms with Gasteiger partial charge in [-0.3, -0.25) is 4.98 Å². The number of nitrogens with zero attached hydrogens (tertiary/aromatic N) is 1. The number of nitrogens with one attached hydrogen (secondary N) is 2. The summed E-state index contributed by atoms with van der Waals surface area (Å²) >= 11 is 2.16. The number of carbonyl (C=O) groups is 1. The molecule has 3 aromatic carbocycles. The van der Waals surface area contributed by atoms with Crippen LogP contribution in [0.4, 0.5) is 36.8 Å². The maximum atomic E-state index is 13.8. The van der Waals surface area contributed by atoms with Gasteiger partial charge in [0, 0.05) is 22.7 Å². The summed E-state index contributed by atoms with van der Waals surface area (Å²) in [5.41, 5.74) is -1.90. The van der Waals surface area contributed by atoms with E-state index < -0.39 is 35.0 Å². The van der Waals surface area contributed by atoms with Gasteiger partial charge in [0.2, 0.25) is 0 Å². The Morgan fingerprint density at radius 1 is 0.725 bits per heavy atom. The molecular weight excluding hydrogens is 647 g/mol. The zero-order chi connectivity index (χ0) is 29.0. The van der Waals surface area contributed by atoms with Crippen LogP contribution in [0.5, 0.6) is 0 Å². The van der Waals surface area contributed by atoms with Gasteiger partial charge in [-0.05, 0) is 53.1 Å². The molecule has 0 saturated heterocycles. The number of rotatable bonds is 7. The number of alkyl halides is 7. The first kappa shape index (κ1) is 29.4. The van der Waals surface area contributed by atoms with Crippen molar-refractivity contribution in [1.82, 2.24) is 10.3 Å². The van der Waals surface area contributed by atoms with Gasteiger partial charge in [-0.2, -0.15) is 26.3 Å². The number of anilines is 1. The van der Waals surface area contributed by atoms with Crippen LogP contribution in [0.15, 0.2) is 97.2 Å². The molecule has 1 heterocycles. The second-order valence-corrected chi connectivity index (χ2v) is 9.75. The predicted octanol–water partition coefficient (Wildman–Crippen LogP) is 8.36. The number of halogens is 7. The lowest BCUT2D eigenvalue weighted by Crippen LogP contribution is -2.50. The third-order valence-corrected chi connectivity index (χ3v) is 7.07. The molecule has 11 heteroatoms. The van der Waals surface area contributed by atoms with Crippen molar-refractivity contribution in [2.24, 2.45) is 0 Å². The van der Waals surface area contributed by atoms with Crippen LogP contribution in [0.2, 0.25) is 0 Å². The van der Waals surface area contributed by atoms with E-state index in [0.29, 0.717) is 21.9 Å². The minimum absolute atomic E-state index is 0.00500. The Hall–Kier alpha value is -3.61. The predicted molar refractivity (Wildman–Crippen MR) is 148 cm³/mol. The standard InChI is InChI=1S/C29H22F6IN3O/c30-28(31,32)22-10-5-9-21(15-22)27(16-19-6-2-1-3-7-19,25-13-12-23(18-37-25)29(33,34)35)39-26(40)38-24-11-4-8-20(14-24)17-36/h1-15,18H,16-17H2,(H2,38,39,40). The number of aromatic nitrogens is 1. The van der Waals surface area contributed by atoms with E-state index in [-0.39, 0.29) is 17.7 Å². The van der Waals surface area contributed by atoms with E-state index in [1.807, 2.05) is 6.07 Å². The largest absolute Gasteiger partial charge is 0.417 e. The molecule has 0 spiro atoms. The molecule has 0 bridgehead atoms. The molecule has 0 fully saturated rings. The Kier molecular flexibility index (Phi) is 8.71. The molecule has 0 aliphatic carbocycles. The van der Waals surface area contributed by atoms with Gasteiger partial charge in [0.05, 0.1) is 16.8 Å². The molecule has 4 rings (SSSR count). The van der Waals surface area contributed by atoms with Crippen molar-refractivity contribution >= 4 is 34.3 Å². The van der Waals surface area contributed by atoms with Gasteiger partial charge in [-0.1, -0.05) is 77.2 Å². The normalized spacial score (nSPS) is 13.4. The highest BCUT2D eigenvalue weighted by molar-refractivity contribution is 14.1. The van der Waals surface area contributed by atoms with Crippen molar-refractivity contribution in [3.63, 3.8) is 0 Å². The molecular formula is C29H22F6IN3O. The zero-order valence-corrected chi connectivity index (χ0v) is 22.8. The highest BCUT2D eigenvalue weighted by atomic mass is 127. The van der Waals surface area contributed by atoms with Crippen LogP contribution in [0.25, 0.3) is 0 Å². The average Bonchev–Trinajstić information content (AvgIpc) is 2.92. The van der Waals surface area contributed by atoms with Gasteiger partial charge in [-0.25, -0.2) is 4.79 Å². The minimum Gasteiger partial charge on any atom is -0.322 e. The summed E-state index contributed by atoms with van der Waals surface area (Å²) in [4.78, 5) is 17.4. The summed E-state index contributed by atoms with van der Waals surface area (Å²) in [7, 11) is 0. The minimum atomic E-state index is -4.70. The van der Waals surface area contributed by atoms with Gasteiger partial charge < -0.3 is 10.6 Å². The van der Waals surface area contributed by atoms with Gasteiger partial charge in [0.25, 0.3) is 0 Å². The van der Waals surface area contributed by atoms with E-state index in [0.717, 1.165) is 29.8 Å². The summed E-state index contributed by atoms with van der Waals surface area (Å²) in [6, 6.07) is 21.0. The maximum absolute atomic E-state index is 13.8. The number of carbonyl (C=O) groups excluding carboxylic acids is 1. The van der Waals surface area contributed by atoms with Crippen LogP contribution >= 0.6 is 22.6 Å². The van der Waals surface area contributed by atoms with Crippen LogP contribution in [-0.4, -0.2) is 11.0 Å². The van der Waals surface area contributed by atoms with Gasteiger partial charge in [-0.15, -0.1) is 0 Å². The summed E-state index contributed by atoms with van der Waals surface area (Å²) < 4.78 is 81.9. The second-order valence-electron chi connectivity index (χ2n) is 8.99. The third kappa shape index (κ3) is 6.93. The lowest BCUT2D eigenvalue weighted by Gasteiger charge is -2.36. The average molecular weight is 669 g/mol. The summed E-state index contributed by atoms with van der Waals surface area (Å²) in [5, 5.41) is 5.47. The number of hydrogen-bond donors (Lipinski definition) is 2. The Labute approximate surface area is 240 Å². The van der Waals surface area contributed by atoms with Crippen molar-refractivity contribution in [3.05, 3.63) is 131 Å². The third-order valence-electron chi connectivity index (χ3n) is 6.19. The van der Waals surface area contributed by atoms with Crippen LogP contribution in [0.1, 0.15) is 33.5 Å². The molecule has 1 unspecified atom stereocenters. The molecule has 2 amide bonds. The van der Waals surface area contributed by atoms with E-state index in [2.05, 4.69) is 38.2 Å². The van der Waals surface area contributed by atoms with Crippen molar-refractivity contribution in [2.75, 3.05) is 5.32 Å². The van der Waals surface area contributed by atoms with Crippen molar-refractivity contribution in [1.29, 1.82) is 0 Å². The maximum Gasteiger partial charge on any atom is 0.417 e. The van der Waals surface area contributed by atoms with Crippen molar-refractivity contribution < 1.29 is 31.1 Å². The fourth-order valence-electron chi connectivity index (χ4n) is 4.29. The Morgan fingerprint density at radius 3 is 2.00 bits per heavy atom. The number of hydrogen-bond acceptors (Lipinski definition) is 2. The first-order valence-corrected chi connectivity index (χ1v) is 13.4. The number of amides is 2. The molecule has 40 heavy (non-hydrogen) atoms. The SMILES string of the molecule is O=C(Nc1cccc(CI)c1)NC(Cc1ccccc1)(c1cccc(C(F)(F)F)c1)c1ccc(C(F)(F)F)cn1. The fourth-order valence-corrected chi connectivity index (χ4v) is 4.76. The monoisotopic (exact) mass is 669 g/mol. The van der Waals surface area contributed by atoms with Crippen LogP contribution in [0.3, 0.4) is 0 Å². The molecule has 208 valence electrons. The highest BCUT2D eigenvalue weighted by Gasteiger charge is 2.41. The molecule has 4 nitrogen and oxygen atoms in total.